The van der Waals surface area contributed by atoms with Crippen molar-refractivity contribution in [1.29, 1.82) is 0 Å². The van der Waals surface area contributed by atoms with Crippen molar-refractivity contribution in [3.63, 3.8) is 0 Å². The van der Waals surface area contributed by atoms with Gasteiger partial charge >= 0.3 is 0 Å². The van der Waals surface area contributed by atoms with E-state index >= 15 is 0 Å². The van der Waals surface area contributed by atoms with Gasteiger partial charge in [-0.15, -0.1) is 0 Å². The maximum atomic E-state index is 4.69. The Morgan fingerprint density at radius 3 is 2.76 bits per heavy atom. The number of aromatic nitrogens is 4. The van der Waals surface area contributed by atoms with Crippen molar-refractivity contribution in [2.24, 2.45) is 0 Å². The minimum absolute atomic E-state index is 0.529. The van der Waals surface area contributed by atoms with Crippen LogP contribution >= 0.6 is 0 Å². The number of anilines is 1. The molecule has 6 heteroatoms. The van der Waals surface area contributed by atoms with E-state index in [1.165, 1.54) is 0 Å². The minimum atomic E-state index is 0.529. The van der Waals surface area contributed by atoms with Crippen LogP contribution in [0.25, 0.3) is 11.0 Å². The topological polar surface area (TPSA) is 60.9 Å². The first-order valence-corrected chi connectivity index (χ1v) is 8.86. The third-order valence-electron chi connectivity index (χ3n) is 5.07. The molecular weight excluding hydrogens is 312 g/mol. The molecule has 2 aromatic heterocycles. The quantitative estimate of drug-likeness (QED) is 0.794. The number of benzene rings is 1. The first-order chi connectivity index (χ1) is 12.2. The number of aryl methyl sites for hydroxylation is 1. The Labute approximate surface area is 147 Å². The molecule has 0 bridgehead atoms. The maximum absolute atomic E-state index is 4.69. The largest absolute Gasteiger partial charge is 0.356 e. The summed E-state index contributed by atoms with van der Waals surface area (Å²) < 4.78 is 0. The lowest BCUT2D eigenvalue weighted by Gasteiger charge is -2.37. The monoisotopic (exact) mass is 336 g/mol. The molecule has 4 rings (SSSR count). The molecule has 1 aliphatic rings. The molecule has 25 heavy (non-hydrogen) atoms. The normalized spacial score (nSPS) is 16.4. The number of H-pyrrole nitrogens is 1. The fourth-order valence-corrected chi connectivity index (χ4v) is 3.58. The van der Waals surface area contributed by atoms with Crippen LogP contribution in [0.4, 0.5) is 5.82 Å². The van der Waals surface area contributed by atoms with Gasteiger partial charge in [0.05, 0.1) is 17.6 Å². The Kier molecular flexibility index (Phi) is 4.36. The van der Waals surface area contributed by atoms with Gasteiger partial charge in [-0.2, -0.15) is 0 Å². The minimum Gasteiger partial charge on any atom is -0.356 e. The summed E-state index contributed by atoms with van der Waals surface area (Å²) in [6.45, 7) is 5.05. The molecule has 3 aromatic rings. The molecule has 1 aliphatic heterocycles. The van der Waals surface area contributed by atoms with E-state index in [0.717, 1.165) is 60.8 Å². The highest BCUT2D eigenvalue weighted by Gasteiger charge is 2.24. The Morgan fingerprint density at radius 2 is 2.00 bits per heavy atom. The van der Waals surface area contributed by atoms with Gasteiger partial charge in [0.25, 0.3) is 0 Å². The second-order valence-corrected chi connectivity index (χ2v) is 6.84. The van der Waals surface area contributed by atoms with Gasteiger partial charge in [0.1, 0.15) is 18.0 Å². The van der Waals surface area contributed by atoms with Crippen molar-refractivity contribution in [2.45, 2.75) is 32.4 Å². The average Bonchev–Trinajstić information content (AvgIpc) is 3.04. The van der Waals surface area contributed by atoms with Crippen LogP contribution in [0.15, 0.2) is 36.7 Å². The van der Waals surface area contributed by atoms with E-state index in [1.54, 1.807) is 6.33 Å². The Morgan fingerprint density at radius 1 is 1.20 bits per heavy atom. The zero-order valence-corrected chi connectivity index (χ0v) is 14.8. The average molecular weight is 336 g/mol. The van der Waals surface area contributed by atoms with E-state index in [2.05, 4.69) is 50.0 Å². The molecule has 0 spiro atoms. The Balaban J connectivity index is 1.36. The third-order valence-corrected chi connectivity index (χ3v) is 5.07. The lowest BCUT2D eigenvalue weighted by molar-refractivity contribution is 0.199. The number of hydrogen-bond donors (Lipinski definition) is 1. The van der Waals surface area contributed by atoms with Crippen molar-refractivity contribution in [1.82, 2.24) is 24.8 Å². The lowest BCUT2D eigenvalue weighted by atomic mass is 10.0. The summed E-state index contributed by atoms with van der Waals surface area (Å²) in [6.07, 6.45) is 3.93. The first kappa shape index (κ1) is 16.0. The van der Waals surface area contributed by atoms with Crippen molar-refractivity contribution in [3.05, 3.63) is 48.2 Å². The molecule has 0 aliphatic carbocycles. The molecule has 1 N–H and O–H groups in total. The number of nitrogens with zero attached hydrogens (tertiary/aromatic N) is 5. The molecule has 1 fully saturated rings. The summed E-state index contributed by atoms with van der Waals surface area (Å²) in [5.41, 5.74) is 3.18. The Bertz CT molecular complexity index is 817. The summed E-state index contributed by atoms with van der Waals surface area (Å²) in [6, 6.07) is 10.8. The summed E-state index contributed by atoms with van der Waals surface area (Å²) in [5, 5.41) is 0. The molecule has 0 amide bonds. The van der Waals surface area contributed by atoms with E-state index < -0.39 is 0 Å². The molecule has 130 valence electrons. The van der Waals surface area contributed by atoms with Gasteiger partial charge < -0.3 is 9.88 Å². The smallest absolute Gasteiger partial charge is 0.132 e. The predicted octanol–water partition coefficient (Wildman–Crippen LogP) is 2.76. The molecule has 0 radical (unpaired) electrons. The summed E-state index contributed by atoms with van der Waals surface area (Å²) in [7, 11) is 2.14. The molecule has 1 saturated heterocycles. The van der Waals surface area contributed by atoms with Crippen molar-refractivity contribution in [2.75, 3.05) is 25.0 Å². The highest BCUT2D eigenvalue weighted by Crippen LogP contribution is 2.22. The van der Waals surface area contributed by atoms with E-state index in [1.807, 2.05) is 19.1 Å². The molecular formula is C19H24N6. The van der Waals surface area contributed by atoms with Crippen LogP contribution in [-0.4, -0.2) is 51.0 Å². The standard InChI is InChI=1S/C19H24N6/c1-14-11-19(21-13-20-14)24(2)15-7-9-25(10-8-15)12-18-22-16-5-3-4-6-17(16)23-18/h3-6,11,13,15H,7-10,12H2,1-2H3,(H,22,23). The SMILES string of the molecule is Cc1cc(N(C)C2CCN(Cc3nc4ccccc4[nH]3)CC2)ncn1. The van der Waals surface area contributed by atoms with Gasteiger partial charge in [0, 0.05) is 37.9 Å². The number of nitrogens with one attached hydrogen (secondary N) is 1. The van der Waals surface area contributed by atoms with Crippen LogP contribution in [0.2, 0.25) is 0 Å². The van der Waals surface area contributed by atoms with Gasteiger partial charge in [-0.05, 0) is 31.9 Å². The van der Waals surface area contributed by atoms with Crippen LogP contribution in [-0.2, 0) is 6.54 Å². The molecule has 3 heterocycles. The van der Waals surface area contributed by atoms with E-state index in [4.69, 9.17) is 4.98 Å². The van der Waals surface area contributed by atoms with Crippen LogP contribution in [0.3, 0.4) is 0 Å². The maximum Gasteiger partial charge on any atom is 0.132 e. The summed E-state index contributed by atoms with van der Waals surface area (Å²) >= 11 is 0. The molecule has 6 nitrogen and oxygen atoms in total. The van der Waals surface area contributed by atoms with Crippen LogP contribution in [0.5, 0.6) is 0 Å². The van der Waals surface area contributed by atoms with Gasteiger partial charge in [-0.3, -0.25) is 4.90 Å². The molecule has 0 atom stereocenters. The predicted molar refractivity (Wildman–Crippen MR) is 99.6 cm³/mol. The second-order valence-electron chi connectivity index (χ2n) is 6.84. The van der Waals surface area contributed by atoms with Crippen LogP contribution in [0.1, 0.15) is 24.4 Å². The highest BCUT2D eigenvalue weighted by atomic mass is 15.2. The fourth-order valence-electron chi connectivity index (χ4n) is 3.58. The molecule has 0 saturated carbocycles. The van der Waals surface area contributed by atoms with Crippen molar-refractivity contribution in [3.8, 4) is 0 Å². The van der Waals surface area contributed by atoms with E-state index in [9.17, 15) is 0 Å². The number of hydrogen-bond acceptors (Lipinski definition) is 5. The van der Waals surface area contributed by atoms with E-state index in [-0.39, 0.29) is 0 Å². The van der Waals surface area contributed by atoms with Crippen molar-refractivity contribution < 1.29 is 0 Å². The van der Waals surface area contributed by atoms with Crippen LogP contribution < -0.4 is 4.90 Å². The van der Waals surface area contributed by atoms with Gasteiger partial charge in [0.2, 0.25) is 0 Å². The van der Waals surface area contributed by atoms with Crippen LogP contribution in [0, 0.1) is 6.92 Å². The fraction of sp³-hybridized carbons (Fsp3) is 0.421. The molecule has 0 unspecified atom stereocenters. The Hall–Kier alpha value is -2.47. The summed E-state index contributed by atoms with van der Waals surface area (Å²) in [5.74, 6) is 2.07. The number of likely N-dealkylation sites (tertiary alicyclic amines) is 1. The molecule has 1 aromatic carbocycles. The second kappa shape index (κ2) is 6.80. The van der Waals surface area contributed by atoms with E-state index in [0.29, 0.717) is 6.04 Å². The number of rotatable bonds is 4. The van der Waals surface area contributed by atoms with Gasteiger partial charge in [0.15, 0.2) is 0 Å². The number of para-hydroxylation sites is 2. The number of aromatic amines is 1. The van der Waals surface area contributed by atoms with Gasteiger partial charge in [-0.25, -0.2) is 15.0 Å². The third kappa shape index (κ3) is 3.49. The lowest BCUT2D eigenvalue weighted by Crippen LogP contribution is -2.43. The zero-order valence-electron chi connectivity index (χ0n) is 14.8. The number of piperidine rings is 1. The first-order valence-electron chi connectivity index (χ1n) is 8.86. The number of fused-ring (bicyclic) bond motifs is 1. The highest BCUT2D eigenvalue weighted by molar-refractivity contribution is 5.74. The summed E-state index contributed by atoms with van der Waals surface area (Å²) in [4.78, 5) is 21.5. The van der Waals surface area contributed by atoms with Gasteiger partial charge in [-0.1, -0.05) is 12.1 Å². The number of imidazole rings is 1. The van der Waals surface area contributed by atoms with Crippen molar-refractivity contribution >= 4 is 16.9 Å². The zero-order chi connectivity index (χ0) is 17.2.